The topological polar surface area (TPSA) is 49.4 Å². The molecule has 0 heterocycles. The highest BCUT2D eigenvalue weighted by atomic mass is 35.5. The molecule has 0 saturated heterocycles. The van der Waals surface area contributed by atoms with Crippen molar-refractivity contribution >= 4 is 29.1 Å². The molecule has 0 atom stereocenters. The Morgan fingerprint density at radius 1 is 0.929 bits per heavy atom. The third kappa shape index (κ3) is 4.78. The van der Waals surface area contributed by atoms with Gasteiger partial charge in [0.05, 0.1) is 0 Å². The number of aryl methyl sites for hydroxylation is 1. The maximum atomic E-state index is 12.6. The zero-order chi connectivity index (χ0) is 20.1. The molecule has 0 bridgehead atoms. The van der Waals surface area contributed by atoms with E-state index in [1.807, 2.05) is 43.3 Å². The van der Waals surface area contributed by atoms with Gasteiger partial charge < -0.3 is 10.2 Å². The third-order valence-electron chi connectivity index (χ3n) is 4.43. The number of benzene rings is 3. The minimum absolute atomic E-state index is 0.0962. The van der Waals surface area contributed by atoms with Crippen LogP contribution in [-0.4, -0.2) is 23.8 Å². The van der Waals surface area contributed by atoms with Crippen molar-refractivity contribution in [2.45, 2.75) is 13.5 Å². The van der Waals surface area contributed by atoms with E-state index in [-0.39, 0.29) is 11.8 Å². The maximum Gasteiger partial charge on any atom is 0.255 e. The molecule has 28 heavy (non-hydrogen) atoms. The minimum Gasteiger partial charge on any atom is -0.337 e. The van der Waals surface area contributed by atoms with Crippen molar-refractivity contribution in [2.75, 3.05) is 12.4 Å². The van der Waals surface area contributed by atoms with Gasteiger partial charge >= 0.3 is 0 Å². The zero-order valence-corrected chi connectivity index (χ0v) is 16.5. The van der Waals surface area contributed by atoms with Gasteiger partial charge in [0.15, 0.2) is 0 Å². The first-order valence-corrected chi connectivity index (χ1v) is 9.29. The van der Waals surface area contributed by atoms with Gasteiger partial charge in [0.1, 0.15) is 0 Å². The fraction of sp³-hybridized carbons (Fsp3) is 0.130. The molecule has 0 radical (unpaired) electrons. The van der Waals surface area contributed by atoms with Gasteiger partial charge in [-0.1, -0.05) is 48.0 Å². The van der Waals surface area contributed by atoms with Crippen LogP contribution in [0, 0.1) is 6.92 Å². The van der Waals surface area contributed by atoms with E-state index in [1.54, 1.807) is 48.3 Å². The molecule has 0 aliphatic carbocycles. The Morgan fingerprint density at radius 2 is 1.57 bits per heavy atom. The van der Waals surface area contributed by atoms with Crippen molar-refractivity contribution in [3.05, 3.63) is 100 Å². The monoisotopic (exact) mass is 392 g/mol. The van der Waals surface area contributed by atoms with E-state index in [2.05, 4.69) is 5.32 Å². The van der Waals surface area contributed by atoms with Gasteiger partial charge in [-0.25, -0.2) is 0 Å². The molecule has 3 aromatic carbocycles. The normalized spacial score (nSPS) is 10.4. The van der Waals surface area contributed by atoms with Crippen LogP contribution >= 0.6 is 11.6 Å². The van der Waals surface area contributed by atoms with Crippen LogP contribution in [0.5, 0.6) is 0 Å². The molecule has 0 aliphatic rings. The van der Waals surface area contributed by atoms with Crippen molar-refractivity contribution < 1.29 is 9.59 Å². The molecule has 142 valence electrons. The van der Waals surface area contributed by atoms with Crippen LogP contribution in [0.15, 0.2) is 72.8 Å². The lowest BCUT2D eigenvalue weighted by Crippen LogP contribution is -2.26. The minimum atomic E-state index is -0.253. The fourth-order valence-corrected chi connectivity index (χ4v) is 2.97. The number of nitrogens with zero attached hydrogens (tertiary/aromatic N) is 1. The van der Waals surface area contributed by atoms with Crippen LogP contribution < -0.4 is 5.32 Å². The van der Waals surface area contributed by atoms with E-state index >= 15 is 0 Å². The first-order valence-electron chi connectivity index (χ1n) is 8.91. The maximum absolute atomic E-state index is 12.6. The number of carbonyl (C=O) groups is 2. The molecule has 2 amide bonds. The molecule has 3 rings (SSSR count). The molecular weight excluding hydrogens is 372 g/mol. The van der Waals surface area contributed by atoms with Crippen molar-refractivity contribution in [1.29, 1.82) is 0 Å². The summed E-state index contributed by atoms with van der Waals surface area (Å²) in [6, 6.07) is 21.8. The summed E-state index contributed by atoms with van der Waals surface area (Å²) in [5, 5.41) is 3.41. The Hall–Kier alpha value is -3.11. The van der Waals surface area contributed by atoms with Gasteiger partial charge in [0.2, 0.25) is 0 Å². The quantitative estimate of drug-likeness (QED) is 0.650. The Morgan fingerprint density at radius 3 is 2.21 bits per heavy atom. The average Bonchev–Trinajstić information content (AvgIpc) is 2.71. The standard InChI is InChI=1S/C23H21ClN2O2/c1-16-8-13-20(14-21(16)24)25-22(27)18-9-11-19(12-10-18)23(28)26(2)15-17-6-4-3-5-7-17/h3-14H,15H2,1-2H3,(H,25,27). The third-order valence-corrected chi connectivity index (χ3v) is 4.84. The van der Waals surface area contributed by atoms with Gasteiger partial charge in [-0.2, -0.15) is 0 Å². The Kier molecular flexibility index (Phi) is 6.12. The number of rotatable bonds is 5. The largest absolute Gasteiger partial charge is 0.337 e. The smallest absolute Gasteiger partial charge is 0.255 e. The zero-order valence-electron chi connectivity index (χ0n) is 15.8. The molecule has 0 fully saturated rings. The molecule has 0 unspecified atom stereocenters. The SMILES string of the molecule is Cc1ccc(NC(=O)c2ccc(C(=O)N(C)Cc3ccccc3)cc2)cc1Cl. The van der Waals surface area contributed by atoms with Gasteiger partial charge in [0, 0.05) is 35.4 Å². The van der Waals surface area contributed by atoms with Crippen LogP contribution in [0.4, 0.5) is 5.69 Å². The summed E-state index contributed by atoms with van der Waals surface area (Å²) < 4.78 is 0. The molecule has 0 spiro atoms. The predicted octanol–water partition coefficient (Wildman–Crippen LogP) is 5.17. The van der Waals surface area contributed by atoms with E-state index in [4.69, 9.17) is 11.6 Å². The number of anilines is 1. The second kappa shape index (κ2) is 8.72. The summed E-state index contributed by atoms with van der Waals surface area (Å²) in [6.45, 7) is 2.43. The first-order chi connectivity index (χ1) is 13.4. The highest BCUT2D eigenvalue weighted by Gasteiger charge is 2.13. The average molecular weight is 393 g/mol. The number of nitrogens with one attached hydrogen (secondary N) is 1. The molecule has 3 aromatic rings. The van der Waals surface area contributed by atoms with Gasteiger partial charge in [-0.05, 0) is 54.4 Å². The molecule has 1 N–H and O–H groups in total. The Balaban J connectivity index is 1.65. The summed E-state index contributed by atoms with van der Waals surface area (Å²) in [7, 11) is 1.76. The lowest BCUT2D eigenvalue weighted by Gasteiger charge is -2.17. The lowest BCUT2D eigenvalue weighted by molar-refractivity contribution is 0.0784. The summed E-state index contributed by atoms with van der Waals surface area (Å²) in [6.07, 6.45) is 0. The van der Waals surface area contributed by atoms with Crippen molar-refractivity contribution in [3.63, 3.8) is 0 Å². The Labute approximate surface area is 169 Å². The summed E-state index contributed by atoms with van der Waals surface area (Å²) in [4.78, 5) is 26.7. The number of carbonyl (C=O) groups excluding carboxylic acids is 2. The molecule has 5 heteroatoms. The second-order valence-corrected chi connectivity index (χ2v) is 7.05. The van der Waals surface area contributed by atoms with Crippen LogP contribution in [0.1, 0.15) is 31.8 Å². The van der Waals surface area contributed by atoms with Crippen LogP contribution in [-0.2, 0) is 6.54 Å². The highest BCUT2D eigenvalue weighted by Crippen LogP contribution is 2.20. The van der Waals surface area contributed by atoms with E-state index in [9.17, 15) is 9.59 Å². The van der Waals surface area contributed by atoms with E-state index < -0.39 is 0 Å². The van der Waals surface area contributed by atoms with Gasteiger partial charge in [-0.3, -0.25) is 9.59 Å². The van der Waals surface area contributed by atoms with E-state index in [0.717, 1.165) is 11.1 Å². The van der Waals surface area contributed by atoms with Crippen LogP contribution in [0.3, 0.4) is 0 Å². The second-order valence-electron chi connectivity index (χ2n) is 6.64. The number of amides is 2. The van der Waals surface area contributed by atoms with Crippen molar-refractivity contribution in [3.8, 4) is 0 Å². The van der Waals surface area contributed by atoms with Crippen molar-refractivity contribution in [1.82, 2.24) is 4.90 Å². The van der Waals surface area contributed by atoms with E-state index in [1.165, 1.54) is 0 Å². The number of hydrogen-bond donors (Lipinski definition) is 1. The van der Waals surface area contributed by atoms with Crippen molar-refractivity contribution in [2.24, 2.45) is 0 Å². The summed E-state index contributed by atoms with van der Waals surface area (Å²) in [5.41, 5.74) is 3.64. The van der Waals surface area contributed by atoms with Crippen LogP contribution in [0.25, 0.3) is 0 Å². The Bertz CT molecular complexity index is 985. The molecule has 0 aromatic heterocycles. The molecule has 0 saturated carbocycles. The molecular formula is C23H21ClN2O2. The summed E-state index contributed by atoms with van der Waals surface area (Å²) in [5.74, 6) is -0.349. The first kappa shape index (κ1) is 19.6. The number of halogens is 1. The number of hydrogen-bond acceptors (Lipinski definition) is 2. The lowest BCUT2D eigenvalue weighted by atomic mass is 10.1. The highest BCUT2D eigenvalue weighted by molar-refractivity contribution is 6.31. The molecule has 0 aliphatic heterocycles. The fourth-order valence-electron chi connectivity index (χ4n) is 2.79. The molecule has 4 nitrogen and oxygen atoms in total. The predicted molar refractivity (Wildman–Crippen MR) is 113 cm³/mol. The van der Waals surface area contributed by atoms with Crippen LogP contribution in [0.2, 0.25) is 5.02 Å². The van der Waals surface area contributed by atoms with Gasteiger partial charge in [-0.15, -0.1) is 0 Å². The summed E-state index contributed by atoms with van der Waals surface area (Å²) >= 11 is 6.09. The van der Waals surface area contributed by atoms with E-state index in [0.29, 0.717) is 28.4 Å². The van der Waals surface area contributed by atoms with Gasteiger partial charge in [0.25, 0.3) is 11.8 Å².